The van der Waals surface area contributed by atoms with E-state index in [9.17, 15) is 0 Å². The Morgan fingerprint density at radius 1 is 0.840 bits per heavy atom. The van der Waals surface area contributed by atoms with Crippen LogP contribution in [0.25, 0.3) is 31.9 Å². The van der Waals surface area contributed by atoms with E-state index in [-0.39, 0.29) is 0 Å². The van der Waals surface area contributed by atoms with E-state index in [1.807, 2.05) is 24.4 Å². The van der Waals surface area contributed by atoms with Gasteiger partial charge in [0.1, 0.15) is 5.69 Å². The van der Waals surface area contributed by atoms with Gasteiger partial charge in [0.25, 0.3) is 0 Å². The number of nitrogens with one attached hydrogen (secondary N) is 1. The summed E-state index contributed by atoms with van der Waals surface area (Å²) in [6.07, 6.45) is 4.26. The first-order valence-corrected chi connectivity index (χ1v) is 9.24. The van der Waals surface area contributed by atoms with Crippen LogP contribution in [0.5, 0.6) is 0 Å². The fourth-order valence-corrected chi connectivity index (χ4v) is 3.91. The molecule has 0 aliphatic heterocycles. The van der Waals surface area contributed by atoms with Crippen LogP contribution < -0.4 is 5.32 Å². The lowest BCUT2D eigenvalue weighted by molar-refractivity contribution is 1.02. The Morgan fingerprint density at radius 3 is 2.44 bits per heavy atom. The molecule has 0 bridgehead atoms. The number of nitrogens with zero attached hydrogens (tertiary/aromatic N) is 3. The summed E-state index contributed by atoms with van der Waals surface area (Å²) in [4.78, 5) is 6.69. The van der Waals surface area contributed by atoms with E-state index in [2.05, 4.69) is 56.9 Å². The predicted molar refractivity (Wildman–Crippen MR) is 103 cm³/mol. The van der Waals surface area contributed by atoms with E-state index in [4.69, 9.17) is 0 Å². The Bertz CT molecular complexity index is 1040. The van der Waals surface area contributed by atoms with E-state index in [1.165, 1.54) is 12.8 Å². The second-order valence-electron chi connectivity index (χ2n) is 6.24. The van der Waals surface area contributed by atoms with Crippen LogP contribution >= 0.6 is 11.3 Å². The lowest BCUT2D eigenvalue weighted by Gasteiger charge is -2.09. The molecule has 0 radical (unpaired) electrons. The highest BCUT2D eigenvalue weighted by Gasteiger charge is 2.23. The molecule has 5 heteroatoms. The Balaban J connectivity index is 1.60. The van der Waals surface area contributed by atoms with Crippen LogP contribution in [0.3, 0.4) is 0 Å². The molecule has 3 heterocycles. The summed E-state index contributed by atoms with van der Waals surface area (Å²) >= 11 is 1.70. The Labute approximate surface area is 149 Å². The number of fused-ring (bicyclic) bond motifs is 1. The molecule has 1 aliphatic carbocycles. The van der Waals surface area contributed by atoms with Gasteiger partial charge in [-0.2, -0.15) is 0 Å². The molecule has 1 fully saturated rings. The number of anilines is 1. The van der Waals surface area contributed by atoms with Crippen molar-refractivity contribution in [2.45, 2.75) is 18.9 Å². The molecule has 1 aromatic carbocycles. The predicted octanol–water partition coefficient (Wildman–Crippen LogP) is 4.99. The van der Waals surface area contributed by atoms with Gasteiger partial charge in [-0.15, -0.1) is 21.5 Å². The second-order valence-corrected chi connectivity index (χ2v) is 7.32. The maximum atomic E-state index is 4.54. The van der Waals surface area contributed by atoms with Gasteiger partial charge < -0.3 is 5.32 Å². The van der Waals surface area contributed by atoms with Crippen molar-refractivity contribution in [1.29, 1.82) is 0 Å². The van der Waals surface area contributed by atoms with Crippen LogP contribution in [0, 0.1) is 0 Å². The van der Waals surface area contributed by atoms with Gasteiger partial charge in [-0.25, -0.2) is 0 Å². The number of hydrogen-bond donors (Lipinski definition) is 1. The molecule has 0 saturated heterocycles. The monoisotopic (exact) mass is 344 g/mol. The number of aromatic nitrogens is 3. The van der Waals surface area contributed by atoms with E-state index in [1.54, 1.807) is 11.3 Å². The van der Waals surface area contributed by atoms with Crippen LogP contribution in [0.1, 0.15) is 12.8 Å². The van der Waals surface area contributed by atoms with Crippen molar-refractivity contribution in [3.05, 3.63) is 60.8 Å². The van der Waals surface area contributed by atoms with Crippen LogP contribution in [-0.2, 0) is 0 Å². The standard InChI is InChI=1S/C20H16N4S/c1-2-6-15-14(5-1)19(23-24-20(15)22-13-8-9-13)18-11-10-17(25-18)16-7-3-4-12-21-16/h1-7,10-13H,8-9H2,(H,22,24). The summed E-state index contributed by atoms with van der Waals surface area (Å²) in [7, 11) is 0. The Hall–Kier alpha value is -2.79. The highest BCUT2D eigenvalue weighted by Crippen LogP contribution is 2.37. The summed E-state index contributed by atoms with van der Waals surface area (Å²) in [6.45, 7) is 0. The third-order valence-corrected chi connectivity index (χ3v) is 5.48. The molecule has 1 aliphatic rings. The molecule has 4 aromatic rings. The molecule has 0 unspecified atom stereocenters. The van der Waals surface area contributed by atoms with Crippen molar-refractivity contribution >= 4 is 27.9 Å². The molecule has 0 atom stereocenters. The molecule has 25 heavy (non-hydrogen) atoms. The SMILES string of the molecule is c1ccc(-c2ccc(-c3nnc(NC4CC4)c4ccccc34)s2)nc1. The van der Waals surface area contributed by atoms with Crippen molar-refractivity contribution in [1.82, 2.24) is 15.2 Å². The lowest BCUT2D eigenvalue weighted by Crippen LogP contribution is -2.05. The van der Waals surface area contributed by atoms with Gasteiger partial charge in [0.15, 0.2) is 5.82 Å². The summed E-state index contributed by atoms with van der Waals surface area (Å²) in [5.41, 5.74) is 1.92. The highest BCUT2D eigenvalue weighted by atomic mass is 32.1. The summed E-state index contributed by atoms with van der Waals surface area (Å²) < 4.78 is 0. The number of thiophene rings is 1. The van der Waals surface area contributed by atoms with E-state index >= 15 is 0 Å². The van der Waals surface area contributed by atoms with Gasteiger partial charge in [0.05, 0.1) is 15.4 Å². The fraction of sp³-hybridized carbons (Fsp3) is 0.150. The van der Waals surface area contributed by atoms with Crippen molar-refractivity contribution < 1.29 is 0 Å². The number of rotatable bonds is 4. The topological polar surface area (TPSA) is 50.7 Å². The van der Waals surface area contributed by atoms with Gasteiger partial charge in [-0.05, 0) is 37.1 Å². The average Bonchev–Trinajstić information content (AvgIpc) is 3.35. The van der Waals surface area contributed by atoms with E-state index in [0.717, 1.165) is 37.7 Å². The van der Waals surface area contributed by atoms with Crippen molar-refractivity contribution in [3.63, 3.8) is 0 Å². The quantitative estimate of drug-likeness (QED) is 0.566. The lowest BCUT2D eigenvalue weighted by atomic mass is 10.1. The molecule has 5 rings (SSSR count). The van der Waals surface area contributed by atoms with Gasteiger partial charge in [0, 0.05) is 23.0 Å². The minimum Gasteiger partial charge on any atom is -0.365 e. The number of hydrogen-bond acceptors (Lipinski definition) is 5. The van der Waals surface area contributed by atoms with Crippen LogP contribution in [-0.4, -0.2) is 21.2 Å². The van der Waals surface area contributed by atoms with Crippen molar-refractivity contribution in [2.24, 2.45) is 0 Å². The molecule has 0 amide bonds. The first kappa shape index (κ1) is 14.5. The van der Waals surface area contributed by atoms with Gasteiger partial charge >= 0.3 is 0 Å². The Morgan fingerprint density at radius 2 is 1.64 bits per heavy atom. The molecular weight excluding hydrogens is 328 g/mol. The summed E-state index contributed by atoms with van der Waals surface area (Å²) in [5, 5.41) is 14.8. The number of pyridine rings is 1. The molecular formula is C20H16N4S. The summed E-state index contributed by atoms with van der Waals surface area (Å²) in [6, 6.07) is 19.1. The Kier molecular flexibility index (Phi) is 3.45. The van der Waals surface area contributed by atoms with Gasteiger partial charge in [0.2, 0.25) is 0 Å². The maximum Gasteiger partial charge on any atom is 0.156 e. The van der Waals surface area contributed by atoms with Crippen LogP contribution in [0.15, 0.2) is 60.8 Å². The molecule has 1 N–H and O–H groups in total. The first-order valence-electron chi connectivity index (χ1n) is 8.42. The van der Waals surface area contributed by atoms with Crippen molar-refractivity contribution in [2.75, 3.05) is 5.32 Å². The zero-order valence-electron chi connectivity index (χ0n) is 13.5. The second kappa shape index (κ2) is 5.93. The highest BCUT2D eigenvalue weighted by molar-refractivity contribution is 7.18. The smallest absolute Gasteiger partial charge is 0.156 e. The van der Waals surface area contributed by atoms with Gasteiger partial charge in [-0.1, -0.05) is 30.3 Å². The van der Waals surface area contributed by atoms with Crippen LogP contribution in [0.4, 0.5) is 5.82 Å². The number of benzene rings is 1. The third kappa shape index (κ3) is 2.76. The molecule has 3 aromatic heterocycles. The first-order chi connectivity index (χ1) is 12.4. The van der Waals surface area contributed by atoms with E-state index < -0.39 is 0 Å². The largest absolute Gasteiger partial charge is 0.365 e. The molecule has 4 nitrogen and oxygen atoms in total. The summed E-state index contributed by atoms with van der Waals surface area (Å²) in [5.74, 6) is 0.892. The van der Waals surface area contributed by atoms with Crippen molar-refractivity contribution in [3.8, 4) is 21.1 Å². The molecule has 122 valence electrons. The third-order valence-electron chi connectivity index (χ3n) is 4.36. The average molecular weight is 344 g/mol. The zero-order valence-corrected chi connectivity index (χ0v) is 14.3. The van der Waals surface area contributed by atoms with Crippen LogP contribution in [0.2, 0.25) is 0 Å². The molecule has 1 saturated carbocycles. The molecule has 0 spiro atoms. The van der Waals surface area contributed by atoms with E-state index in [0.29, 0.717) is 6.04 Å². The normalized spacial score (nSPS) is 13.9. The maximum absolute atomic E-state index is 4.54. The minimum absolute atomic E-state index is 0.557. The van der Waals surface area contributed by atoms with Gasteiger partial charge in [-0.3, -0.25) is 4.98 Å². The zero-order chi connectivity index (χ0) is 16.6. The fourth-order valence-electron chi connectivity index (χ4n) is 2.92. The minimum atomic E-state index is 0.557.